The monoisotopic (exact) mass is 366 g/mol. The van der Waals surface area contributed by atoms with Gasteiger partial charge in [0.15, 0.2) is 8.32 Å². The second-order valence-corrected chi connectivity index (χ2v) is 14.0. The van der Waals surface area contributed by atoms with Crippen LogP contribution in [0, 0.1) is 0 Å². The van der Waals surface area contributed by atoms with Gasteiger partial charge in [0, 0.05) is 0 Å². The molecule has 0 N–H and O–H groups in total. The third-order valence-corrected chi connectivity index (χ3v) is 10.4. The molecule has 0 spiro atoms. The first-order valence-corrected chi connectivity index (χ1v) is 13.0. The minimum absolute atomic E-state index is 0.0843. The van der Waals surface area contributed by atoms with Crippen LogP contribution in [-0.4, -0.2) is 35.6 Å². The second kappa shape index (κ2) is 8.42. The molecule has 0 bridgehead atoms. The van der Waals surface area contributed by atoms with Crippen molar-refractivity contribution in [2.24, 2.45) is 0 Å². The summed E-state index contributed by atoms with van der Waals surface area (Å²) >= 11 is 0. The molecule has 1 aliphatic rings. The third kappa shape index (κ3) is 6.82. The van der Waals surface area contributed by atoms with Crippen molar-refractivity contribution >= 4 is 18.7 Å². The maximum atomic E-state index is 11.6. The van der Waals surface area contributed by atoms with Crippen LogP contribution >= 0.6 is 0 Å². The molecular formula is C16H34O5SSi. The van der Waals surface area contributed by atoms with Crippen molar-refractivity contribution in [2.45, 2.75) is 96.6 Å². The first-order chi connectivity index (χ1) is 10.5. The van der Waals surface area contributed by atoms with E-state index in [-0.39, 0.29) is 11.6 Å². The SMILES string of the molecule is CCCCCCC[C@H]1OS(=O)(=O)O[C@@H]1CO[Si](C)(C)C(C)(C)C. The highest BCUT2D eigenvalue weighted by Crippen LogP contribution is 2.37. The lowest BCUT2D eigenvalue weighted by Crippen LogP contribution is -2.44. The standard InChI is InChI=1S/C16H34O5SSi/c1-7-8-9-10-11-12-14-15(21-22(17,18)20-14)13-19-23(5,6)16(2,3)4/h14-15H,7-13H2,1-6H3/t14-,15-/m1/s1. The molecule has 1 saturated heterocycles. The minimum atomic E-state index is -3.86. The van der Waals surface area contributed by atoms with E-state index in [1.807, 2.05) is 0 Å². The van der Waals surface area contributed by atoms with Gasteiger partial charge in [-0.2, -0.15) is 8.42 Å². The summed E-state index contributed by atoms with van der Waals surface area (Å²) in [5, 5.41) is 0.0843. The number of unbranched alkanes of at least 4 members (excludes halogenated alkanes) is 4. The molecule has 1 aliphatic heterocycles. The highest BCUT2D eigenvalue weighted by Gasteiger charge is 2.43. The number of hydrogen-bond donors (Lipinski definition) is 0. The highest BCUT2D eigenvalue weighted by atomic mass is 32.3. The quantitative estimate of drug-likeness (QED) is 0.447. The molecule has 0 aromatic rings. The van der Waals surface area contributed by atoms with Gasteiger partial charge in [0.1, 0.15) is 12.2 Å². The van der Waals surface area contributed by atoms with E-state index in [1.54, 1.807) is 0 Å². The third-order valence-electron chi connectivity index (χ3n) is 4.90. The lowest BCUT2D eigenvalue weighted by molar-refractivity contribution is 0.0872. The predicted octanol–water partition coefficient (Wildman–Crippen LogP) is 4.40. The largest absolute Gasteiger partial charge is 0.414 e. The van der Waals surface area contributed by atoms with Crippen molar-refractivity contribution in [3.8, 4) is 0 Å². The summed E-state index contributed by atoms with van der Waals surface area (Å²) in [6.45, 7) is 13.2. The van der Waals surface area contributed by atoms with Gasteiger partial charge in [0.25, 0.3) is 0 Å². The fraction of sp³-hybridized carbons (Fsp3) is 1.00. The summed E-state index contributed by atoms with van der Waals surface area (Å²) in [4.78, 5) is 0. The molecule has 0 aliphatic carbocycles. The molecule has 0 radical (unpaired) electrons. The summed E-state index contributed by atoms with van der Waals surface area (Å²) in [6.07, 6.45) is 5.44. The van der Waals surface area contributed by atoms with E-state index in [9.17, 15) is 8.42 Å². The lowest BCUT2D eigenvalue weighted by Gasteiger charge is -2.36. The van der Waals surface area contributed by atoms with Gasteiger partial charge in [-0.1, -0.05) is 59.8 Å². The fourth-order valence-electron chi connectivity index (χ4n) is 2.27. The fourth-order valence-corrected chi connectivity index (χ4v) is 4.34. The van der Waals surface area contributed by atoms with Crippen LogP contribution in [0.1, 0.15) is 66.2 Å². The van der Waals surface area contributed by atoms with E-state index in [0.717, 1.165) is 12.8 Å². The zero-order valence-electron chi connectivity index (χ0n) is 15.6. The second-order valence-electron chi connectivity index (χ2n) is 7.95. The number of rotatable bonds is 9. The Morgan fingerprint density at radius 1 is 1.00 bits per heavy atom. The van der Waals surface area contributed by atoms with E-state index in [4.69, 9.17) is 12.8 Å². The van der Waals surface area contributed by atoms with Gasteiger partial charge in [-0.05, 0) is 24.6 Å². The van der Waals surface area contributed by atoms with E-state index in [1.165, 1.54) is 19.3 Å². The Bertz CT molecular complexity index is 456. The first kappa shape index (κ1) is 21.1. The molecule has 23 heavy (non-hydrogen) atoms. The molecule has 0 saturated carbocycles. The summed E-state index contributed by atoms with van der Waals surface area (Å²) in [7, 11) is -5.79. The zero-order chi connectivity index (χ0) is 17.7. The first-order valence-electron chi connectivity index (χ1n) is 8.74. The molecule has 5 nitrogen and oxygen atoms in total. The minimum Gasteiger partial charge on any atom is -0.414 e. The molecular weight excluding hydrogens is 332 g/mol. The molecule has 1 heterocycles. The maximum absolute atomic E-state index is 11.6. The van der Waals surface area contributed by atoms with E-state index >= 15 is 0 Å². The average molecular weight is 367 g/mol. The van der Waals surface area contributed by atoms with Gasteiger partial charge in [-0.3, -0.25) is 0 Å². The molecule has 138 valence electrons. The molecule has 0 aromatic carbocycles. The van der Waals surface area contributed by atoms with Gasteiger partial charge >= 0.3 is 10.4 Å². The van der Waals surface area contributed by atoms with Crippen molar-refractivity contribution in [3.05, 3.63) is 0 Å². The zero-order valence-corrected chi connectivity index (χ0v) is 17.4. The molecule has 0 unspecified atom stereocenters. The Morgan fingerprint density at radius 2 is 1.57 bits per heavy atom. The van der Waals surface area contributed by atoms with Crippen LogP contribution < -0.4 is 0 Å². The van der Waals surface area contributed by atoms with Crippen LogP contribution in [0.5, 0.6) is 0 Å². The Kier molecular flexibility index (Phi) is 7.73. The molecule has 1 fully saturated rings. The van der Waals surface area contributed by atoms with Crippen LogP contribution in [0.15, 0.2) is 0 Å². The highest BCUT2D eigenvalue weighted by molar-refractivity contribution is 7.82. The van der Waals surface area contributed by atoms with Crippen LogP contribution in [-0.2, 0) is 23.2 Å². The topological polar surface area (TPSA) is 61.8 Å². The van der Waals surface area contributed by atoms with Crippen molar-refractivity contribution in [3.63, 3.8) is 0 Å². The van der Waals surface area contributed by atoms with Crippen LogP contribution in [0.4, 0.5) is 0 Å². The van der Waals surface area contributed by atoms with Crippen molar-refractivity contribution < 1.29 is 21.2 Å². The van der Waals surface area contributed by atoms with Gasteiger partial charge in [0.05, 0.1) is 6.61 Å². The van der Waals surface area contributed by atoms with E-state index in [2.05, 4.69) is 40.8 Å². The van der Waals surface area contributed by atoms with Crippen LogP contribution in [0.25, 0.3) is 0 Å². The van der Waals surface area contributed by atoms with Crippen LogP contribution in [0.3, 0.4) is 0 Å². The number of hydrogen-bond acceptors (Lipinski definition) is 5. The van der Waals surface area contributed by atoms with E-state index in [0.29, 0.717) is 6.42 Å². The van der Waals surface area contributed by atoms with Gasteiger partial charge in [0.2, 0.25) is 0 Å². The summed E-state index contributed by atoms with van der Waals surface area (Å²) in [5.41, 5.74) is 0. The lowest BCUT2D eigenvalue weighted by atomic mass is 10.1. The maximum Gasteiger partial charge on any atom is 0.400 e. The average Bonchev–Trinajstić information content (AvgIpc) is 2.69. The molecule has 1 rings (SSSR count). The summed E-state index contributed by atoms with van der Waals surface area (Å²) in [5.74, 6) is 0. The van der Waals surface area contributed by atoms with Crippen molar-refractivity contribution in [2.75, 3.05) is 6.61 Å². The molecule has 7 heteroatoms. The molecule has 2 atom stereocenters. The van der Waals surface area contributed by atoms with Gasteiger partial charge in [-0.15, -0.1) is 0 Å². The van der Waals surface area contributed by atoms with Gasteiger partial charge < -0.3 is 4.43 Å². The predicted molar refractivity (Wildman–Crippen MR) is 95.2 cm³/mol. The summed E-state index contributed by atoms with van der Waals surface area (Å²) in [6, 6.07) is 0. The van der Waals surface area contributed by atoms with Crippen molar-refractivity contribution in [1.29, 1.82) is 0 Å². The Balaban J connectivity index is 2.53. The van der Waals surface area contributed by atoms with Crippen LogP contribution in [0.2, 0.25) is 18.1 Å². The normalized spacial score (nSPS) is 25.0. The Morgan fingerprint density at radius 3 is 2.13 bits per heavy atom. The Hall–Kier alpha value is 0.0469. The summed E-state index contributed by atoms with van der Waals surface area (Å²) < 4.78 is 39.6. The van der Waals surface area contributed by atoms with Gasteiger partial charge in [-0.25, -0.2) is 8.37 Å². The molecule has 0 amide bonds. The smallest absolute Gasteiger partial charge is 0.400 e. The molecule has 0 aromatic heterocycles. The van der Waals surface area contributed by atoms with Crippen molar-refractivity contribution in [1.82, 2.24) is 0 Å². The Labute approximate surface area is 143 Å². The van der Waals surface area contributed by atoms with E-state index < -0.39 is 30.9 Å².